The highest BCUT2D eigenvalue weighted by Gasteiger charge is 2.13. The maximum Gasteiger partial charge on any atom is 0.231 e. The van der Waals surface area contributed by atoms with Crippen molar-refractivity contribution in [3.8, 4) is 0 Å². The molecule has 3 aromatic rings. The normalized spacial score (nSPS) is 12.5. The second-order valence-corrected chi connectivity index (χ2v) is 6.12. The Labute approximate surface area is 132 Å². The quantitative estimate of drug-likeness (QED) is 0.708. The number of hydrogen-bond donors (Lipinski definition) is 2. The summed E-state index contributed by atoms with van der Waals surface area (Å²) in [5.41, 5.74) is 3.09. The van der Waals surface area contributed by atoms with E-state index in [1.165, 1.54) is 17.3 Å². The zero-order valence-electron chi connectivity index (χ0n) is 12.4. The van der Waals surface area contributed by atoms with Crippen molar-refractivity contribution in [2.75, 3.05) is 5.75 Å². The number of carbonyl (C=O) groups is 1. The standard InChI is InChI=1S/C16H17N3O2S/c1-10-5-6-12-13(8-10)19-16(18-12)22-9-15(20)17-11(2)14-4-3-7-21-14/h3-8,11H,9H2,1-2H3,(H,17,20)(H,18,19)/t11-/m0/s1. The van der Waals surface area contributed by atoms with Gasteiger partial charge in [0.1, 0.15) is 5.76 Å². The van der Waals surface area contributed by atoms with E-state index >= 15 is 0 Å². The lowest BCUT2D eigenvalue weighted by molar-refractivity contribution is -0.119. The van der Waals surface area contributed by atoms with Crippen LogP contribution < -0.4 is 5.32 Å². The number of imidazole rings is 1. The Bertz CT molecular complexity index is 780. The van der Waals surface area contributed by atoms with Gasteiger partial charge >= 0.3 is 0 Å². The maximum absolute atomic E-state index is 12.0. The zero-order chi connectivity index (χ0) is 15.5. The second kappa shape index (κ2) is 6.27. The smallest absolute Gasteiger partial charge is 0.231 e. The van der Waals surface area contributed by atoms with E-state index in [0.29, 0.717) is 5.75 Å². The van der Waals surface area contributed by atoms with E-state index in [0.717, 1.165) is 22.0 Å². The van der Waals surface area contributed by atoms with Gasteiger partial charge in [0, 0.05) is 0 Å². The summed E-state index contributed by atoms with van der Waals surface area (Å²) in [6, 6.07) is 9.56. The minimum absolute atomic E-state index is 0.0504. The number of H-pyrrole nitrogens is 1. The van der Waals surface area contributed by atoms with Crippen LogP contribution in [0.4, 0.5) is 0 Å². The predicted molar refractivity (Wildman–Crippen MR) is 86.8 cm³/mol. The molecule has 1 atom stereocenters. The van der Waals surface area contributed by atoms with E-state index in [-0.39, 0.29) is 11.9 Å². The molecule has 2 N–H and O–H groups in total. The van der Waals surface area contributed by atoms with Crippen LogP contribution in [-0.2, 0) is 4.79 Å². The molecule has 22 heavy (non-hydrogen) atoms. The van der Waals surface area contributed by atoms with Gasteiger partial charge in [-0.3, -0.25) is 4.79 Å². The van der Waals surface area contributed by atoms with E-state index in [9.17, 15) is 4.79 Å². The van der Waals surface area contributed by atoms with Crippen molar-refractivity contribution in [3.63, 3.8) is 0 Å². The van der Waals surface area contributed by atoms with Gasteiger partial charge in [-0.05, 0) is 43.7 Å². The lowest BCUT2D eigenvalue weighted by atomic mass is 10.2. The lowest BCUT2D eigenvalue weighted by Crippen LogP contribution is -2.27. The van der Waals surface area contributed by atoms with Gasteiger partial charge in [0.05, 0.1) is 29.1 Å². The number of furan rings is 1. The van der Waals surface area contributed by atoms with Gasteiger partial charge < -0.3 is 14.7 Å². The molecule has 2 heterocycles. The highest BCUT2D eigenvalue weighted by molar-refractivity contribution is 7.99. The molecule has 6 heteroatoms. The Morgan fingerprint density at radius 2 is 2.32 bits per heavy atom. The van der Waals surface area contributed by atoms with E-state index in [1.54, 1.807) is 6.26 Å². The molecule has 0 aliphatic rings. The van der Waals surface area contributed by atoms with Gasteiger partial charge in [-0.2, -0.15) is 0 Å². The zero-order valence-corrected chi connectivity index (χ0v) is 13.2. The summed E-state index contributed by atoms with van der Waals surface area (Å²) in [6.07, 6.45) is 1.60. The number of nitrogens with one attached hydrogen (secondary N) is 2. The molecule has 0 bridgehead atoms. The first-order chi connectivity index (χ1) is 10.6. The number of aromatic amines is 1. The Hall–Kier alpha value is -2.21. The number of aryl methyl sites for hydroxylation is 1. The van der Waals surface area contributed by atoms with Crippen LogP contribution in [0.1, 0.15) is 24.3 Å². The summed E-state index contributed by atoms with van der Waals surface area (Å²) >= 11 is 1.39. The summed E-state index contributed by atoms with van der Waals surface area (Å²) < 4.78 is 5.27. The number of amides is 1. The molecule has 2 aromatic heterocycles. The van der Waals surface area contributed by atoms with E-state index < -0.39 is 0 Å². The largest absolute Gasteiger partial charge is 0.467 e. The van der Waals surface area contributed by atoms with Crippen molar-refractivity contribution in [1.82, 2.24) is 15.3 Å². The molecule has 114 valence electrons. The fraction of sp³-hybridized carbons (Fsp3) is 0.250. The van der Waals surface area contributed by atoms with Crippen molar-refractivity contribution in [2.24, 2.45) is 0 Å². The molecule has 0 saturated carbocycles. The van der Waals surface area contributed by atoms with Crippen LogP contribution in [0.3, 0.4) is 0 Å². The third-order valence-corrected chi connectivity index (χ3v) is 4.18. The van der Waals surface area contributed by atoms with Crippen molar-refractivity contribution in [2.45, 2.75) is 25.0 Å². The molecule has 1 amide bonds. The summed E-state index contributed by atoms with van der Waals surface area (Å²) in [5, 5.41) is 3.65. The first-order valence-corrected chi connectivity index (χ1v) is 8.02. The van der Waals surface area contributed by atoms with E-state index in [2.05, 4.69) is 15.3 Å². The highest BCUT2D eigenvalue weighted by Crippen LogP contribution is 2.20. The van der Waals surface area contributed by atoms with E-state index in [4.69, 9.17) is 4.42 Å². The predicted octanol–water partition coefficient (Wildman–Crippen LogP) is 3.43. The van der Waals surface area contributed by atoms with Crippen molar-refractivity contribution in [1.29, 1.82) is 0 Å². The van der Waals surface area contributed by atoms with Crippen LogP contribution in [0.15, 0.2) is 46.2 Å². The summed E-state index contributed by atoms with van der Waals surface area (Å²) in [7, 11) is 0. The van der Waals surface area contributed by atoms with E-state index in [1.807, 2.05) is 44.2 Å². The monoisotopic (exact) mass is 315 g/mol. The number of nitrogens with zero attached hydrogens (tertiary/aromatic N) is 1. The molecule has 3 rings (SSSR count). The Kier molecular flexibility index (Phi) is 4.20. The average Bonchev–Trinajstić information content (AvgIpc) is 3.13. The average molecular weight is 315 g/mol. The van der Waals surface area contributed by atoms with Gasteiger partial charge in [0.25, 0.3) is 0 Å². The first kappa shape index (κ1) is 14.7. The number of fused-ring (bicyclic) bond motifs is 1. The topological polar surface area (TPSA) is 70.9 Å². The van der Waals surface area contributed by atoms with Crippen molar-refractivity contribution in [3.05, 3.63) is 47.9 Å². The summed E-state index contributed by atoms with van der Waals surface area (Å²) in [5.74, 6) is 1.01. The molecular formula is C16H17N3O2S. The number of benzene rings is 1. The number of rotatable bonds is 5. The van der Waals surface area contributed by atoms with Crippen molar-refractivity contribution >= 4 is 28.7 Å². The highest BCUT2D eigenvalue weighted by atomic mass is 32.2. The fourth-order valence-electron chi connectivity index (χ4n) is 2.19. The molecule has 0 fully saturated rings. The number of carbonyl (C=O) groups excluding carboxylic acids is 1. The molecular weight excluding hydrogens is 298 g/mol. The molecule has 0 saturated heterocycles. The summed E-state index contributed by atoms with van der Waals surface area (Å²) in [4.78, 5) is 19.7. The van der Waals surface area contributed by atoms with Crippen LogP contribution in [0.2, 0.25) is 0 Å². The third kappa shape index (κ3) is 3.33. The Balaban J connectivity index is 1.58. The molecule has 5 nitrogen and oxygen atoms in total. The van der Waals surface area contributed by atoms with Crippen LogP contribution in [0, 0.1) is 6.92 Å². The minimum Gasteiger partial charge on any atom is -0.467 e. The van der Waals surface area contributed by atoms with Gasteiger partial charge in [-0.25, -0.2) is 4.98 Å². The maximum atomic E-state index is 12.0. The van der Waals surface area contributed by atoms with Crippen molar-refractivity contribution < 1.29 is 9.21 Å². The van der Waals surface area contributed by atoms with Crippen LogP contribution >= 0.6 is 11.8 Å². The Morgan fingerprint density at radius 1 is 1.45 bits per heavy atom. The first-order valence-electron chi connectivity index (χ1n) is 7.04. The molecule has 1 aromatic carbocycles. The molecule has 0 radical (unpaired) electrons. The third-order valence-electron chi connectivity index (χ3n) is 3.30. The lowest BCUT2D eigenvalue weighted by Gasteiger charge is -2.10. The van der Waals surface area contributed by atoms with Gasteiger partial charge in [-0.1, -0.05) is 17.8 Å². The molecule has 0 spiro atoms. The SMILES string of the molecule is Cc1ccc2nc(SCC(=O)N[C@@H](C)c3ccco3)[nH]c2c1. The van der Waals surface area contributed by atoms with Crippen LogP contribution in [0.5, 0.6) is 0 Å². The van der Waals surface area contributed by atoms with Gasteiger partial charge in [-0.15, -0.1) is 0 Å². The van der Waals surface area contributed by atoms with Gasteiger partial charge in [0.2, 0.25) is 5.91 Å². The number of hydrogen-bond acceptors (Lipinski definition) is 4. The molecule has 0 aliphatic heterocycles. The summed E-state index contributed by atoms with van der Waals surface area (Å²) in [6.45, 7) is 3.93. The molecule has 0 aliphatic carbocycles. The minimum atomic E-state index is -0.138. The number of thioether (sulfide) groups is 1. The van der Waals surface area contributed by atoms with Crippen LogP contribution in [0.25, 0.3) is 11.0 Å². The van der Waals surface area contributed by atoms with Crippen LogP contribution in [-0.4, -0.2) is 21.6 Å². The second-order valence-electron chi connectivity index (χ2n) is 5.16. The van der Waals surface area contributed by atoms with Gasteiger partial charge in [0.15, 0.2) is 5.16 Å². The molecule has 0 unspecified atom stereocenters. The Morgan fingerprint density at radius 3 is 3.09 bits per heavy atom. The number of aromatic nitrogens is 2. The fourth-order valence-corrected chi connectivity index (χ4v) is 2.89.